The first kappa shape index (κ1) is 20.3. The van der Waals surface area contributed by atoms with E-state index in [9.17, 15) is 4.79 Å². The zero-order valence-electron chi connectivity index (χ0n) is 17.1. The summed E-state index contributed by atoms with van der Waals surface area (Å²) in [6.07, 6.45) is 2.37. The fourth-order valence-electron chi connectivity index (χ4n) is 3.86. The Balaban J connectivity index is 1.77. The number of rotatable bonds is 6. The largest absolute Gasteiger partial charge is 0.496 e. The molecule has 0 saturated carbocycles. The molecule has 4 rings (SSSR count). The first-order chi connectivity index (χ1) is 14.6. The smallest absolute Gasteiger partial charge is 0.257 e. The minimum atomic E-state index is -0.263. The van der Waals surface area contributed by atoms with E-state index in [2.05, 4.69) is 23.3 Å². The molecule has 3 aromatic rings. The fraction of sp³-hybridized carbons (Fsp3) is 0.250. The van der Waals surface area contributed by atoms with Crippen molar-refractivity contribution >= 4 is 24.2 Å². The Labute approximate surface area is 182 Å². The van der Waals surface area contributed by atoms with E-state index >= 15 is 0 Å². The van der Waals surface area contributed by atoms with E-state index in [1.165, 1.54) is 0 Å². The van der Waals surface area contributed by atoms with Gasteiger partial charge in [0.25, 0.3) is 5.91 Å². The third-order valence-corrected chi connectivity index (χ3v) is 5.86. The first-order valence-corrected chi connectivity index (χ1v) is 10.6. The second kappa shape index (κ2) is 8.79. The van der Waals surface area contributed by atoms with Crippen molar-refractivity contribution in [3.8, 4) is 5.75 Å². The molecule has 2 aromatic carbocycles. The van der Waals surface area contributed by atoms with Crippen LogP contribution in [0.25, 0.3) is 0 Å². The van der Waals surface area contributed by atoms with Crippen molar-refractivity contribution in [1.29, 1.82) is 0 Å². The second-order valence-electron chi connectivity index (χ2n) is 7.25. The van der Waals surface area contributed by atoms with Gasteiger partial charge >= 0.3 is 0 Å². The number of methoxy groups -OCH3 is 1. The summed E-state index contributed by atoms with van der Waals surface area (Å²) in [5.74, 6) is 0.787. The van der Waals surface area contributed by atoms with E-state index in [1.54, 1.807) is 13.3 Å². The van der Waals surface area contributed by atoms with E-state index < -0.39 is 0 Å². The number of pyridine rings is 1. The molecule has 5 nitrogen and oxygen atoms in total. The Morgan fingerprint density at radius 1 is 1.17 bits per heavy atom. The number of aromatic nitrogens is 1. The average molecular weight is 420 g/mol. The minimum Gasteiger partial charge on any atom is -0.496 e. The Kier molecular flexibility index (Phi) is 5.95. The van der Waals surface area contributed by atoms with Gasteiger partial charge in [0.15, 0.2) is 0 Å². The monoisotopic (exact) mass is 419 g/mol. The highest BCUT2D eigenvalue weighted by atomic mass is 32.1. The quantitative estimate of drug-likeness (QED) is 0.547. The zero-order chi connectivity index (χ0) is 21.1. The number of amides is 1. The van der Waals surface area contributed by atoms with Gasteiger partial charge in [0, 0.05) is 24.0 Å². The topological polar surface area (TPSA) is 54.5 Å². The van der Waals surface area contributed by atoms with Gasteiger partial charge in [0.05, 0.1) is 23.6 Å². The van der Waals surface area contributed by atoms with E-state index in [-0.39, 0.29) is 17.3 Å². The maximum atomic E-state index is 13.2. The van der Waals surface area contributed by atoms with Crippen LogP contribution in [0.3, 0.4) is 0 Å². The molecule has 0 aliphatic carbocycles. The molecule has 2 heterocycles. The molecule has 1 aliphatic heterocycles. The third-order valence-electron chi connectivity index (χ3n) is 5.32. The maximum absolute atomic E-state index is 13.2. The molecule has 154 valence electrons. The lowest BCUT2D eigenvalue weighted by Gasteiger charge is -2.38. The van der Waals surface area contributed by atoms with Crippen molar-refractivity contribution < 1.29 is 9.53 Å². The fourth-order valence-corrected chi connectivity index (χ4v) is 4.22. The number of nitrogens with one attached hydrogen (secondary N) is 1. The van der Waals surface area contributed by atoms with Crippen LogP contribution in [0.1, 0.15) is 51.9 Å². The molecule has 2 atom stereocenters. The van der Waals surface area contributed by atoms with Gasteiger partial charge in [-0.3, -0.25) is 9.78 Å². The molecule has 1 aromatic heterocycles. The highest BCUT2D eigenvalue weighted by Gasteiger charge is 2.32. The molecular weight excluding hydrogens is 394 g/mol. The standard InChI is InChI=1S/C24H25N3O2S/c1-3-14-27-23(26-19-9-5-4-8-17(19)24(27)28)16-11-12-21(29-2)18(15-16)22(30)20-10-6-7-13-25-20/h4-13,15,22-23,26,30H,3,14H2,1-2H3. The molecule has 0 spiro atoms. The lowest BCUT2D eigenvalue weighted by molar-refractivity contribution is 0.0683. The van der Waals surface area contributed by atoms with Crippen LogP contribution in [0.4, 0.5) is 5.69 Å². The third kappa shape index (κ3) is 3.75. The highest BCUT2D eigenvalue weighted by molar-refractivity contribution is 7.80. The number of hydrogen-bond donors (Lipinski definition) is 2. The summed E-state index contributed by atoms with van der Waals surface area (Å²) in [7, 11) is 1.65. The summed E-state index contributed by atoms with van der Waals surface area (Å²) in [6, 6.07) is 19.4. The molecule has 0 bridgehead atoms. The maximum Gasteiger partial charge on any atom is 0.257 e. The zero-order valence-corrected chi connectivity index (χ0v) is 18.0. The van der Waals surface area contributed by atoms with Gasteiger partial charge in [-0.1, -0.05) is 31.2 Å². The molecule has 30 heavy (non-hydrogen) atoms. The van der Waals surface area contributed by atoms with Crippen molar-refractivity contribution in [2.45, 2.75) is 24.8 Å². The molecule has 1 aliphatic rings. The van der Waals surface area contributed by atoms with Crippen LogP contribution in [0.5, 0.6) is 5.75 Å². The SMILES string of the molecule is CCCN1C(=O)c2ccccc2NC1c1ccc(OC)c(C(S)c2ccccn2)c1. The van der Waals surface area contributed by atoms with Crippen LogP contribution >= 0.6 is 12.6 Å². The van der Waals surface area contributed by atoms with E-state index in [4.69, 9.17) is 17.4 Å². The number of nitrogens with zero attached hydrogens (tertiary/aromatic N) is 2. The van der Waals surface area contributed by atoms with Crippen molar-refractivity contribution in [3.05, 3.63) is 89.2 Å². The van der Waals surface area contributed by atoms with Gasteiger partial charge in [-0.05, 0) is 48.4 Å². The number of benzene rings is 2. The summed E-state index contributed by atoms with van der Waals surface area (Å²) in [5, 5.41) is 3.30. The van der Waals surface area contributed by atoms with Gasteiger partial charge in [0.2, 0.25) is 0 Å². The van der Waals surface area contributed by atoms with Gasteiger partial charge in [-0.25, -0.2) is 0 Å². The van der Waals surface area contributed by atoms with Crippen molar-refractivity contribution in [3.63, 3.8) is 0 Å². The van der Waals surface area contributed by atoms with Gasteiger partial charge in [-0.15, -0.1) is 0 Å². The minimum absolute atomic E-state index is 0.0423. The van der Waals surface area contributed by atoms with Crippen LogP contribution in [-0.4, -0.2) is 29.4 Å². The predicted octanol–water partition coefficient (Wildman–Crippen LogP) is 5.09. The van der Waals surface area contributed by atoms with Gasteiger partial charge < -0.3 is 15.0 Å². The highest BCUT2D eigenvalue weighted by Crippen LogP contribution is 2.38. The predicted molar refractivity (Wildman–Crippen MR) is 122 cm³/mol. The number of para-hydroxylation sites is 1. The van der Waals surface area contributed by atoms with Gasteiger partial charge in [0.1, 0.15) is 11.9 Å². The van der Waals surface area contributed by atoms with Gasteiger partial charge in [-0.2, -0.15) is 12.6 Å². The Hall–Kier alpha value is -2.99. The number of thiol groups is 1. The van der Waals surface area contributed by atoms with E-state index in [1.807, 2.05) is 59.5 Å². The number of hydrogen-bond acceptors (Lipinski definition) is 5. The normalized spacial score (nSPS) is 16.6. The van der Waals surface area contributed by atoms with E-state index in [0.29, 0.717) is 12.1 Å². The molecular formula is C24H25N3O2S. The lowest BCUT2D eigenvalue weighted by Crippen LogP contribution is -2.43. The van der Waals surface area contributed by atoms with Crippen LogP contribution < -0.4 is 10.1 Å². The molecule has 0 saturated heterocycles. The molecule has 0 radical (unpaired) electrons. The Bertz CT molecular complexity index is 1040. The van der Waals surface area contributed by atoms with Crippen LogP contribution in [0.15, 0.2) is 66.9 Å². The summed E-state index contributed by atoms with van der Waals surface area (Å²) in [5.41, 5.74) is 4.30. The first-order valence-electron chi connectivity index (χ1n) is 10.1. The molecule has 1 amide bonds. The number of anilines is 1. The average Bonchev–Trinajstić information content (AvgIpc) is 2.80. The van der Waals surface area contributed by atoms with Crippen molar-refractivity contribution in [1.82, 2.24) is 9.88 Å². The molecule has 0 fully saturated rings. The second-order valence-corrected chi connectivity index (χ2v) is 7.77. The number of fused-ring (bicyclic) bond motifs is 1. The van der Waals surface area contributed by atoms with Crippen LogP contribution in [0.2, 0.25) is 0 Å². The van der Waals surface area contributed by atoms with Crippen molar-refractivity contribution in [2.24, 2.45) is 0 Å². The van der Waals surface area contributed by atoms with Crippen LogP contribution in [-0.2, 0) is 0 Å². The summed E-state index contributed by atoms with van der Waals surface area (Å²) in [6.45, 7) is 2.74. The number of carbonyl (C=O) groups excluding carboxylic acids is 1. The lowest BCUT2D eigenvalue weighted by atomic mass is 9.99. The van der Waals surface area contributed by atoms with Crippen molar-refractivity contribution in [2.75, 3.05) is 19.0 Å². The molecule has 1 N–H and O–H groups in total. The summed E-state index contributed by atoms with van der Waals surface area (Å²) in [4.78, 5) is 19.5. The van der Waals surface area contributed by atoms with E-state index in [0.717, 1.165) is 34.7 Å². The summed E-state index contributed by atoms with van der Waals surface area (Å²) >= 11 is 4.83. The molecule has 6 heteroatoms. The number of carbonyl (C=O) groups is 1. The Morgan fingerprint density at radius 3 is 2.70 bits per heavy atom. The Morgan fingerprint density at radius 2 is 1.97 bits per heavy atom. The summed E-state index contributed by atoms with van der Waals surface area (Å²) < 4.78 is 5.60. The van der Waals surface area contributed by atoms with Crippen LogP contribution in [0, 0.1) is 0 Å². The molecule has 2 unspecified atom stereocenters. The number of ether oxygens (including phenoxy) is 1.